The van der Waals surface area contributed by atoms with Gasteiger partial charge < -0.3 is 10.4 Å². The fourth-order valence-corrected chi connectivity index (χ4v) is 2.93. The van der Waals surface area contributed by atoms with Crippen LogP contribution in [0.15, 0.2) is 36.4 Å². The third kappa shape index (κ3) is 2.40. The molecule has 2 aromatic carbocycles. The van der Waals surface area contributed by atoms with E-state index in [0.717, 1.165) is 22.9 Å². The van der Waals surface area contributed by atoms with Crippen LogP contribution in [-0.4, -0.2) is 11.7 Å². The Bertz CT molecular complexity index is 616. The van der Waals surface area contributed by atoms with Gasteiger partial charge in [-0.05, 0) is 37.0 Å². The van der Waals surface area contributed by atoms with Gasteiger partial charge in [-0.3, -0.25) is 0 Å². The van der Waals surface area contributed by atoms with Gasteiger partial charge in [-0.25, -0.2) is 0 Å². The van der Waals surface area contributed by atoms with E-state index in [-0.39, 0.29) is 6.04 Å². The number of fused-ring (bicyclic) bond motifs is 1. The van der Waals surface area contributed by atoms with Crippen molar-refractivity contribution in [3.05, 3.63) is 42.0 Å². The van der Waals surface area contributed by atoms with Crippen LogP contribution in [0.5, 0.6) is 5.75 Å². The lowest BCUT2D eigenvalue weighted by Gasteiger charge is -2.20. The molecular formula is C18H23NO. The van der Waals surface area contributed by atoms with Gasteiger partial charge in [0.25, 0.3) is 0 Å². The molecule has 0 spiro atoms. The molecule has 0 bridgehead atoms. The molecule has 1 aliphatic carbocycles. The summed E-state index contributed by atoms with van der Waals surface area (Å²) in [6, 6.07) is 12.3. The number of aromatic hydroxyl groups is 1. The number of phenolic OH excluding ortho intramolecular Hbond substituents is 1. The van der Waals surface area contributed by atoms with Gasteiger partial charge in [0.15, 0.2) is 0 Å². The van der Waals surface area contributed by atoms with Gasteiger partial charge in [-0.2, -0.15) is 0 Å². The Kier molecular flexibility index (Phi) is 3.43. The second kappa shape index (κ2) is 5.10. The standard InChI is InChI=1S/C18H23NO/c1-3-18(10-11-18)12-19-13(2)15-9-8-14-6-4-5-7-16(14)17(15)20/h4-9,13,19-20H,3,10-12H2,1-2H3. The first-order chi connectivity index (χ1) is 9.65. The minimum Gasteiger partial charge on any atom is -0.507 e. The Hall–Kier alpha value is -1.54. The highest BCUT2D eigenvalue weighted by Crippen LogP contribution is 2.48. The quantitative estimate of drug-likeness (QED) is 0.844. The van der Waals surface area contributed by atoms with Gasteiger partial charge >= 0.3 is 0 Å². The first kappa shape index (κ1) is 13.4. The zero-order chi connectivity index (χ0) is 14.2. The Morgan fingerprint density at radius 1 is 1.20 bits per heavy atom. The molecule has 2 aromatic rings. The maximum Gasteiger partial charge on any atom is 0.128 e. The van der Waals surface area contributed by atoms with Crippen molar-refractivity contribution < 1.29 is 5.11 Å². The molecule has 0 heterocycles. The zero-order valence-corrected chi connectivity index (χ0v) is 12.3. The molecule has 1 aliphatic rings. The SMILES string of the molecule is CCC1(CNC(C)c2ccc3ccccc3c2O)CC1. The average molecular weight is 269 g/mol. The van der Waals surface area contributed by atoms with Crippen molar-refractivity contribution in [3.63, 3.8) is 0 Å². The van der Waals surface area contributed by atoms with E-state index in [9.17, 15) is 5.11 Å². The topological polar surface area (TPSA) is 32.3 Å². The van der Waals surface area contributed by atoms with Crippen molar-refractivity contribution in [2.24, 2.45) is 5.41 Å². The van der Waals surface area contributed by atoms with Crippen molar-refractivity contribution >= 4 is 10.8 Å². The lowest BCUT2D eigenvalue weighted by atomic mass is 9.99. The van der Waals surface area contributed by atoms with Gasteiger partial charge in [0.05, 0.1) is 0 Å². The van der Waals surface area contributed by atoms with Crippen LogP contribution in [0.1, 0.15) is 44.7 Å². The van der Waals surface area contributed by atoms with Crippen LogP contribution in [0, 0.1) is 5.41 Å². The largest absolute Gasteiger partial charge is 0.507 e. The smallest absolute Gasteiger partial charge is 0.128 e. The molecule has 1 saturated carbocycles. The van der Waals surface area contributed by atoms with Crippen LogP contribution in [0.3, 0.4) is 0 Å². The summed E-state index contributed by atoms with van der Waals surface area (Å²) in [5, 5.41) is 16.1. The molecule has 0 aromatic heterocycles. The van der Waals surface area contributed by atoms with Crippen molar-refractivity contribution in [2.45, 2.75) is 39.2 Å². The summed E-state index contributed by atoms with van der Waals surface area (Å²) >= 11 is 0. The highest BCUT2D eigenvalue weighted by atomic mass is 16.3. The van der Waals surface area contributed by atoms with Crippen molar-refractivity contribution in [3.8, 4) is 5.75 Å². The van der Waals surface area contributed by atoms with Crippen LogP contribution in [0.25, 0.3) is 10.8 Å². The molecule has 1 unspecified atom stereocenters. The summed E-state index contributed by atoms with van der Waals surface area (Å²) in [5.74, 6) is 0.421. The van der Waals surface area contributed by atoms with Crippen LogP contribution < -0.4 is 5.32 Å². The minimum absolute atomic E-state index is 0.184. The number of nitrogens with one attached hydrogen (secondary N) is 1. The van der Waals surface area contributed by atoms with Crippen molar-refractivity contribution in [1.29, 1.82) is 0 Å². The maximum absolute atomic E-state index is 10.5. The van der Waals surface area contributed by atoms with Crippen LogP contribution in [0.2, 0.25) is 0 Å². The molecule has 106 valence electrons. The molecule has 0 saturated heterocycles. The van der Waals surface area contributed by atoms with E-state index >= 15 is 0 Å². The molecular weight excluding hydrogens is 246 g/mol. The number of hydrogen-bond acceptors (Lipinski definition) is 2. The Morgan fingerprint density at radius 2 is 1.95 bits per heavy atom. The van der Waals surface area contributed by atoms with Crippen LogP contribution >= 0.6 is 0 Å². The van der Waals surface area contributed by atoms with E-state index in [1.807, 2.05) is 30.3 Å². The Labute approximate surface area is 120 Å². The highest BCUT2D eigenvalue weighted by Gasteiger charge is 2.40. The van der Waals surface area contributed by atoms with E-state index < -0.39 is 0 Å². The third-order valence-electron chi connectivity index (χ3n) is 4.89. The molecule has 2 nitrogen and oxygen atoms in total. The van der Waals surface area contributed by atoms with E-state index in [2.05, 4.69) is 25.2 Å². The maximum atomic E-state index is 10.5. The number of phenols is 1. The predicted octanol–water partition coefficient (Wildman–Crippen LogP) is 4.39. The first-order valence-corrected chi connectivity index (χ1v) is 7.59. The van der Waals surface area contributed by atoms with Crippen LogP contribution in [0.4, 0.5) is 0 Å². The average Bonchev–Trinajstić information content (AvgIpc) is 3.26. The second-order valence-electron chi connectivity index (χ2n) is 6.18. The second-order valence-corrected chi connectivity index (χ2v) is 6.18. The van der Waals surface area contributed by atoms with E-state index in [0.29, 0.717) is 11.2 Å². The molecule has 0 radical (unpaired) electrons. The molecule has 2 N–H and O–H groups in total. The summed E-state index contributed by atoms with van der Waals surface area (Å²) in [4.78, 5) is 0. The Morgan fingerprint density at radius 3 is 2.65 bits per heavy atom. The molecule has 3 rings (SSSR count). The molecule has 0 aliphatic heterocycles. The van der Waals surface area contributed by atoms with E-state index in [1.165, 1.54) is 19.3 Å². The van der Waals surface area contributed by atoms with Gasteiger partial charge in [-0.1, -0.05) is 43.3 Å². The number of benzene rings is 2. The fraction of sp³-hybridized carbons (Fsp3) is 0.444. The molecule has 1 fully saturated rings. The predicted molar refractivity (Wildman–Crippen MR) is 84.0 cm³/mol. The summed E-state index contributed by atoms with van der Waals surface area (Å²) < 4.78 is 0. The van der Waals surface area contributed by atoms with Crippen molar-refractivity contribution in [2.75, 3.05) is 6.54 Å². The monoisotopic (exact) mass is 269 g/mol. The minimum atomic E-state index is 0.184. The van der Waals surface area contributed by atoms with Gasteiger partial charge in [0.1, 0.15) is 5.75 Å². The normalized spacial score (nSPS) is 18.1. The van der Waals surface area contributed by atoms with Gasteiger partial charge in [0.2, 0.25) is 0 Å². The fourth-order valence-electron chi connectivity index (χ4n) is 2.93. The molecule has 20 heavy (non-hydrogen) atoms. The first-order valence-electron chi connectivity index (χ1n) is 7.59. The summed E-state index contributed by atoms with van der Waals surface area (Å²) in [6.07, 6.45) is 3.93. The summed E-state index contributed by atoms with van der Waals surface area (Å²) in [7, 11) is 0. The van der Waals surface area contributed by atoms with Gasteiger partial charge in [-0.15, -0.1) is 0 Å². The van der Waals surface area contributed by atoms with Gasteiger partial charge in [0, 0.05) is 23.5 Å². The molecule has 1 atom stereocenters. The van der Waals surface area contributed by atoms with E-state index in [4.69, 9.17) is 0 Å². The highest BCUT2D eigenvalue weighted by molar-refractivity contribution is 5.89. The number of hydrogen-bond donors (Lipinski definition) is 2. The summed E-state index contributed by atoms with van der Waals surface area (Å²) in [5.41, 5.74) is 1.52. The Balaban J connectivity index is 1.80. The number of rotatable bonds is 5. The zero-order valence-electron chi connectivity index (χ0n) is 12.3. The van der Waals surface area contributed by atoms with Crippen molar-refractivity contribution in [1.82, 2.24) is 5.32 Å². The van der Waals surface area contributed by atoms with Crippen LogP contribution in [-0.2, 0) is 0 Å². The molecule has 0 amide bonds. The van der Waals surface area contributed by atoms with E-state index in [1.54, 1.807) is 0 Å². The lowest BCUT2D eigenvalue weighted by molar-refractivity contribution is 0.404. The molecule has 2 heteroatoms. The third-order valence-corrected chi connectivity index (χ3v) is 4.89. The lowest BCUT2D eigenvalue weighted by Crippen LogP contribution is -2.26. The summed E-state index contributed by atoms with van der Waals surface area (Å²) in [6.45, 7) is 5.46.